The number of alkyl halides is 3. The van der Waals surface area contributed by atoms with Crippen molar-refractivity contribution in [3.05, 3.63) is 11.3 Å². The highest BCUT2D eigenvalue weighted by Crippen LogP contribution is 2.45. The Balaban J connectivity index is 2.35. The van der Waals surface area contributed by atoms with Gasteiger partial charge in [-0.1, -0.05) is 19.3 Å². The first-order valence-corrected chi connectivity index (χ1v) is 6.46. The van der Waals surface area contributed by atoms with E-state index in [0.29, 0.717) is 16.7 Å². The molecule has 0 spiro atoms. The molecule has 0 saturated heterocycles. The van der Waals surface area contributed by atoms with Gasteiger partial charge >= 0.3 is 6.18 Å². The van der Waals surface area contributed by atoms with Crippen LogP contribution in [0.25, 0.3) is 0 Å². The first kappa shape index (κ1) is 12.9. The van der Waals surface area contributed by atoms with Gasteiger partial charge in [-0.15, -0.1) is 0 Å². The van der Waals surface area contributed by atoms with E-state index in [2.05, 4.69) is 0 Å². The van der Waals surface area contributed by atoms with E-state index in [4.69, 9.17) is 0 Å². The van der Waals surface area contributed by atoms with Gasteiger partial charge in [0, 0.05) is 12.3 Å². The Morgan fingerprint density at radius 3 is 2.18 bits per heavy atom. The van der Waals surface area contributed by atoms with Gasteiger partial charge in [-0.05, 0) is 12.8 Å². The topological polar surface area (TPSA) is 0 Å². The van der Waals surface area contributed by atoms with Gasteiger partial charge in [0.25, 0.3) is 0 Å². The molecule has 4 heteroatoms. The molecule has 1 nitrogen and oxygen atoms in total. The van der Waals surface area contributed by atoms with Crippen LogP contribution in [0.2, 0.25) is 0 Å². The average molecular weight is 248 g/mol. The summed E-state index contributed by atoms with van der Waals surface area (Å²) in [6.45, 7) is 0.598. The Morgan fingerprint density at radius 1 is 1.06 bits per heavy atom. The molecule has 17 heavy (non-hydrogen) atoms. The lowest BCUT2D eigenvalue weighted by atomic mass is 9.85. The minimum atomic E-state index is -4.13. The van der Waals surface area contributed by atoms with Crippen molar-refractivity contribution in [3.63, 3.8) is 0 Å². The lowest BCUT2D eigenvalue weighted by molar-refractivity contribution is -0.850. The second-order valence-electron chi connectivity index (χ2n) is 5.86. The van der Waals surface area contributed by atoms with Gasteiger partial charge in [0.05, 0.1) is 26.2 Å². The van der Waals surface area contributed by atoms with E-state index in [1.54, 1.807) is 0 Å². The highest BCUT2D eigenvalue weighted by Gasteiger charge is 2.48. The fourth-order valence-electron chi connectivity index (χ4n) is 3.41. The molecule has 0 unspecified atom stereocenters. The van der Waals surface area contributed by atoms with Crippen LogP contribution in [-0.2, 0) is 0 Å². The van der Waals surface area contributed by atoms with Crippen molar-refractivity contribution in [1.29, 1.82) is 0 Å². The third-order valence-corrected chi connectivity index (χ3v) is 4.22. The number of quaternary nitrogens is 1. The zero-order valence-corrected chi connectivity index (χ0v) is 10.6. The summed E-state index contributed by atoms with van der Waals surface area (Å²) in [5.41, 5.74) is 0.451. The summed E-state index contributed by atoms with van der Waals surface area (Å²) in [4.78, 5) is 0. The number of hydrogen-bond donors (Lipinski definition) is 0. The molecular weight excluding hydrogens is 227 g/mol. The summed E-state index contributed by atoms with van der Waals surface area (Å²) in [6.07, 6.45) is 1.30. The van der Waals surface area contributed by atoms with Crippen LogP contribution in [0.1, 0.15) is 38.5 Å². The number of hydrogen-bond acceptors (Lipinski definition) is 0. The van der Waals surface area contributed by atoms with Crippen molar-refractivity contribution in [3.8, 4) is 0 Å². The normalized spacial score (nSPS) is 26.6. The maximum Gasteiger partial charge on any atom is 0.418 e. The molecule has 2 aliphatic rings. The van der Waals surface area contributed by atoms with Gasteiger partial charge < -0.3 is 0 Å². The zero-order valence-electron chi connectivity index (χ0n) is 10.6. The van der Waals surface area contributed by atoms with Crippen molar-refractivity contribution in [1.82, 2.24) is 0 Å². The molecule has 0 atom stereocenters. The van der Waals surface area contributed by atoms with E-state index in [-0.39, 0.29) is 17.9 Å². The van der Waals surface area contributed by atoms with Crippen molar-refractivity contribution in [2.45, 2.75) is 44.7 Å². The lowest BCUT2D eigenvalue weighted by Crippen LogP contribution is -2.39. The van der Waals surface area contributed by atoms with Gasteiger partial charge in [0.15, 0.2) is 0 Å². The Labute approximate surface area is 101 Å². The third-order valence-electron chi connectivity index (χ3n) is 4.22. The Morgan fingerprint density at radius 2 is 1.65 bits per heavy atom. The van der Waals surface area contributed by atoms with Crippen LogP contribution in [0.3, 0.4) is 0 Å². The SMILES string of the molecule is C[N+]1(C)CCC(C(F)(F)F)=C1C1CCCCC1. The lowest BCUT2D eigenvalue weighted by Gasteiger charge is -2.34. The van der Waals surface area contributed by atoms with Crippen LogP contribution in [0.15, 0.2) is 11.3 Å². The average Bonchev–Trinajstić information content (AvgIpc) is 2.55. The smallest absolute Gasteiger partial charge is 0.299 e. The van der Waals surface area contributed by atoms with Crippen molar-refractivity contribution < 1.29 is 17.7 Å². The molecule has 1 aliphatic carbocycles. The highest BCUT2D eigenvalue weighted by atomic mass is 19.4. The highest BCUT2D eigenvalue weighted by molar-refractivity contribution is 5.20. The zero-order chi connectivity index (χ0) is 12.7. The second-order valence-corrected chi connectivity index (χ2v) is 5.86. The number of halogens is 3. The summed E-state index contributed by atoms with van der Waals surface area (Å²) in [7, 11) is 3.84. The molecule has 1 saturated carbocycles. The van der Waals surface area contributed by atoms with Gasteiger partial charge in [-0.25, -0.2) is 0 Å². The fraction of sp³-hybridized carbons (Fsp3) is 0.846. The molecule has 1 fully saturated rings. The van der Waals surface area contributed by atoms with Gasteiger partial charge in [0.1, 0.15) is 5.70 Å². The van der Waals surface area contributed by atoms with Crippen LogP contribution >= 0.6 is 0 Å². The summed E-state index contributed by atoms with van der Waals surface area (Å²) in [5, 5.41) is 0. The fourth-order valence-corrected chi connectivity index (χ4v) is 3.41. The van der Waals surface area contributed by atoms with E-state index in [9.17, 15) is 13.2 Å². The molecule has 0 amide bonds. The van der Waals surface area contributed by atoms with Crippen LogP contribution in [-0.4, -0.2) is 31.3 Å². The molecular formula is C13H21F3N+. The quantitative estimate of drug-likeness (QED) is 0.618. The summed E-state index contributed by atoms with van der Waals surface area (Å²) < 4.78 is 39.6. The minimum Gasteiger partial charge on any atom is -0.299 e. The maximum absolute atomic E-state index is 13.0. The van der Waals surface area contributed by atoms with E-state index in [0.717, 1.165) is 25.7 Å². The Hall–Kier alpha value is -0.510. The molecule has 0 aromatic carbocycles. The molecule has 0 aromatic heterocycles. The largest absolute Gasteiger partial charge is 0.418 e. The van der Waals surface area contributed by atoms with Crippen molar-refractivity contribution in [2.24, 2.45) is 5.92 Å². The first-order chi connectivity index (χ1) is 7.82. The van der Waals surface area contributed by atoms with Crippen LogP contribution in [0.5, 0.6) is 0 Å². The van der Waals surface area contributed by atoms with Gasteiger partial charge in [0.2, 0.25) is 0 Å². The van der Waals surface area contributed by atoms with E-state index < -0.39 is 6.18 Å². The van der Waals surface area contributed by atoms with E-state index in [1.165, 1.54) is 6.42 Å². The van der Waals surface area contributed by atoms with Gasteiger partial charge in [-0.3, -0.25) is 4.48 Å². The van der Waals surface area contributed by atoms with Crippen LogP contribution in [0.4, 0.5) is 13.2 Å². The minimum absolute atomic E-state index is 0.165. The van der Waals surface area contributed by atoms with Crippen LogP contribution in [0, 0.1) is 5.92 Å². The molecule has 98 valence electrons. The van der Waals surface area contributed by atoms with E-state index >= 15 is 0 Å². The second kappa shape index (κ2) is 4.30. The predicted octanol–water partition coefficient (Wildman–Crippen LogP) is 3.86. The van der Waals surface area contributed by atoms with Crippen molar-refractivity contribution >= 4 is 0 Å². The Bertz CT molecular complexity index is 322. The molecule has 0 N–H and O–H groups in total. The molecule has 0 bridgehead atoms. The molecule has 1 heterocycles. The molecule has 2 rings (SSSR count). The summed E-state index contributed by atoms with van der Waals surface area (Å²) >= 11 is 0. The third kappa shape index (κ3) is 2.51. The number of nitrogens with zero attached hydrogens (tertiary/aromatic N) is 1. The maximum atomic E-state index is 13.0. The monoisotopic (exact) mass is 248 g/mol. The van der Waals surface area contributed by atoms with Gasteiger partial charge in [-0.2, -0.15) is 13.2 Å². The van der Waals surface area contributed by atoms with Crippen molar-refractivity contribution in [2.75, 3.05) is 20.6 Å². The molecule has 1 aliphatic heterocycles. The number of allylic oxidation sites excluding steroid dienone is 1. The first-order valence-electron chi connectivity index (χ1n) is 6.46. The summed E-state index contributed by atoms with van der Waals surface area (Å²) in [5.74, 6) is 0.165. The predicted molar refractivity (Wildman–Crippen MR) is 61.2 cm³/mol. The number of rotatable bonds is 1. The summed E-state index contributed by atoms with van der Waals surface area (Å²) in [6, 6.07) is 0. The van der Waals surface area contributed by atoms with E-state index in [1.807, 2.05) is 14.1 Å². The van der Waals surface area contributed by atoms with Crippen LogP contribution < -0.4 is 0 Å². The Kier molecular flexibility index (Phi) is 3.27. The molecule has 0 aromatic rings. The standard InChI is InChI=1S/C13H21F3N/c1-17(2)9-8-11(13(14,15)16)12(17)10-6-4-3-5-7-10/h10H,3-9H2,1-2H3/q+1. The molecule has 0 radical (unpaired) electrons.